The van der Waals surface area contributed by atoms with Crippen LogP contribution in [0.2, 0.25) is 0 Å². The average molecular weight is 232 g/mol. The summed E-state index contributed by atoms with van der Waals surface area (Å²) in [4.78, 5) is 0. The van der Waals surface area contributed by atoms with Crippen LogP contribution >= 0.6 is 0 Å². The molecule has 0 unspecified atom stereocenters. The second kappa shape index (κ2) is 5.17. The average Bonchev–Trinajstić information content (AvgIpc) is 2.33. The standard InChI is InChI=1S/C13H16N2O2/c1-16-12-4-2-3-11(5-12)6-15-8-13(7-14)9-17-10-13/h2-5,15H,6,8-10H2,1H3. The van der Waals surface area contributed by atoms with Gasteiger partial charge in [0, 0.05) is 13.1 Å². The molecule has 2 rings (SSSR count). The zero-order valence-electron chi connectivity index (χ0n) is 9.90. The van der Waals surface area contributed by atoms with Gasteiger partial charge in [-0.2, -0.15) is 5.26 Å². The minimum Gasteiger partial charge on any atom is -0.497 e. The third-order valence-electron chi connectivity index (χ3n) is 2.92. The molecule has 0 bridgehead atoms. The first-order chi connectivity index (χ1) is 8.28. The van der Waals surface area contributed by atoms with E-state index in [1.54, 1.807) is 7.11 Å². The number of methoxy groups -OCH3 is 1. The number of benzene rings is 1. The number of hydrogen-bond donors (Lipinski definition) is 1. The van der Waals surface area contributed by atoms with Crippen molar-refractivity contribution in [2.45, 2.75) is 6.54 Å². The van der Waals surface area contributed by atoms with E-state index in [1.807, 2.05) is 24.3 Å². The van der Waals surface area contributed by atoms with Crippen molar-refractivity contribution in [3.05, 3.63) is 29.8 Å². The Bertz CT molecular complexity index is 422. The van der Waals surface area contributed by atoms with Crippen LogP contribution in [0.25, 0.3) is 0 Å². The molecule has 0 spiro atoms. The second-order valence-electron chi connectivity index (χ2n) is 4.34. The lowest BCUT2D eigenvalue weighted by molar-refractivity contribution is -0.0755. The van der Waals surface area contributed by atoms with Gasteiger partial charge < -0.3 is 14.8 Å². The molecule has 1 aliphatic heterocycles. The summed E-state index contributed by atoms with van der Waals surface area (Å²) in [5.41, 5.74) is 0.830. The Balaban J connectivity index is 1.84. The van der Waals surface area contributed by atoms with Gasteiger partial charge >= 0.3 is 0 Å². The normalized spacial score (nSPS) is 16.9. The van der Waals surface area contributed by atoms with Crippen LogP contribution in [-0.4, -0.2) is 26.9 Å². The lowest BCUT2D eigenvalue weighted by Gasteiger charge is -2.35. The Morgan fingerprint density at radius 1 is 1.53 bits per heavy atom. The minimum atomic E-state index is -0.321. The van der Waals surface area contributed by atoms with E-state index in [1.165, 1.54) is 0 Å². The fourth-order valence-electron chi connectivity index (χ4n) is 1.78. The van der Waals surface area contributed by atoms with Crippen LogP contribution in [-0.2, 0) is 11.3 Å². The number of hydrogen-bond acceptors (Lipinski definition) is 4. The van der Waals surface area contributed by atoms with E-state index in [9.17, 15) is 0 Å². The van der Waals surface area contributed by atoms with Crippen molar-refractivity contribution in [3.63, 3.8) is 0 Å². The van der Waals surface area contributed by atoms with E-state index in [0.29, 0.717) is 19.8 Å². The monoisotopic (exact) mass is 232 g/mol. The van der Waals surface area contributed by atoms with Crippen LogP contribution in [0.4, 0.5) is 0 Å². The van der Waals surface area contributed by atoms with Crippen LogP contribution < -0.4 is 10.1 Å². The van der Waals surface area contributed by atoms with E-state index < -0.39 is 0 Å². The predicted molar refractivity (Wildman–Crippen MR) is 63.6 cm³/mol. The Morgan fingerprint density at radius 3 is 2.94 bits per heavy atom. The van der Waals surface area contributed by atoms with E-state index >= 15 is 0 Å². The highest BCUT2D eigenvalue weighted by Gasteiger charge is 2.38. The second-order valence-corrected chi connectivity index (χ2v) is 4.34. The van der Waals surface area contributed by atoms with E-state index in [-0.39, 0.29) is 5.41 Å². The Labute approximate surface area is 101 Å². The molecule has 90 valence electrons. The molecule has 0 saturated carbocycles. The summed E-state index contributed by atoms with van der Waals surface area (Å²) in [6, 6.07) is 10.2. The molecule has 1 fully saturated rings. The molecule has 0 radical (unpaired) electrons. The third kappa shape index (κ3) is 2.76. The van der Waals surface area contributed by atoms with Gasteiger partial charge in [0.1, 0.15) is 11.2 Å². The Hall–Kier alpha value is -1.57. The Kier molecular flexibility index (Phi) is 3.62. The molecular formula is C13H16N2O2. The number of rotatable bonds is 5. The van der Waals surface area contributed by atoms with Gasteiger partial charge in [-0.15, -0.1) is 0 Å². The summed E-state index contributed by atoms with van der Waals surface area (Å²) in [5.74, 6) is 0.853. The molecule has 0 aromatic heterocycles. The van der Waals surface area contributed by atoms with Gasteiger partial charge in [0.15, 0.2) is 0 Å². The zero-order valence-corrected chi connectivity index (χ0v) is 9.90. The van der Waals surface area contributed by atoms with Crippen molar-refractivity contribution < 1.29 is 9.47 Å². The van der Waals surface area contributed by atoms with Crippen LogP contribution in [0.1, 0.15) is 5.56 Å². The molecule has 1 N–H and O–H groups in total. The van der Waals surface area contributed by atoms with Gasteiger partial charge in [-0.1, -0.05) is 12.1 Å². The highest BCUT2D eigenvalue weighted by molar-refractivity contribution is 5.28. The summed E-state index contributed by atoms with van der Waals surface area (Å²) < 4.78 is 10.2. The number of ether oxygens (including phenoxy) is 2. The Morgan fingerprint density at radius 2 is 2.35 bits per heavy atom. The lowest BCUT2D eigenvalue weighted by Crippen LogP contribution is -2.48. The SMILES string of the molecule is COc1cccc(CNCC2(C#N)COC2)c1. The fraction of sp³-hybridized carbons (Fsp3) is 0.462. The smallest absolute Gasteiger partial charge is 0.119 e. The first kappa shape index (κ1) is 11.9. The van der Waals surface area contributed by atoms with E-state index in [4.69, 9.17) is 14.7 Å². The zero-order chi connectivity index (χ0) is 12.1. The summed E-state index contributed by atoms with van der Waals surface area (Å²) in [7, 11) is 1.66. The summed E-state index contributed by atoms with van der Waals surface area (Å²) in [6.45, 7) is 2.48. The number of nitrogens with one attached hydrogen (secondary N) is 1. The van der Waals surface area contributed by atoms with Crippen molar-refractivity contribution in [2.75, 3.05) is 26.9 Å². The summed E-state index contributed by atoms with van der Waals surface area (Å²) in [5, 5.41) is 12.3. The molecule has 1 aromatic carbocycles. The third-order valence-corrected chi connectivity index (χ3v) is 2.92. The molecule has 17 heavy (non-hydrogen) atoms. The van der Waals surface area contributed by atoms with Crippen molar-refractivity contribution in [3.8, 4) is 11.8 Å². The van der Waals surface area contributed by atoms with Crippen LogP contribution in [0.15, 0.2) is 24.3 Å². The topological polar surface area (TPSA) is 54.3 Å². The number of nitriles is 1. The van der Waals surface area contributed by atoms with Crippen LogP contribution in [0, 0.1) is 16.7 Å². The van der Waals surface area contributed by atoms with E-state index in [2.05, 4.69) is 11.4 Å². The largest absolute Gasteiger partial charge is 0.497 e. The van der Waals surface area contributed by atoms with Gasteiger partial charge in [-0.3, -0.25) is 0 Å². The van der Waals surface area contributed by atoms with Crippen molar-refractivity contribution in [1.82, 2.24) is 5.32 Å². The molecule has 0 atom stereocenters. The van der Waals surface area contributed by atoms with Crippen LogP contribution in [0.3, 0.4) is 0 Å². The van der Waals surface area contributed by atoms with E-state index in [0.717, 1.165) is 17.9 Å². The molecule has 1 aliphatic rings. The molecule has 1 saturated heterocycles. The fourth-order valence-corrected chi connectivity index (χ4v) is 1.78. The highest BCUT2D eigenvalue weighted by Crippen LogP contribution is 2.25. The highest BCUT2D eigenvalue weighted by atomic mass is 16.5. The maximum Gasteiger partial charge on any atom is 0.119 e. The molecule has 0 amide bonds. The van der Waals surface area contributed by atoms with Gasteiger partial charge in [-0.25, -0.2) is 0 Å². The first-order valence-corrected chi connectivity index (χ1v) is 5.61. The lowest BCUT2D eigenvalue weighted by atomic mass is 9.88. The summed E-state index contributed by atoms with van der Waals surface area (Å²) in [6.07, 6.45) is 0. The van der Waals surface area contributed by atoms with Crippen LogP contribution in [0.5, 0.6) is 5.75 Å². The molecular weight excluding hydrogens is 216 g/mol. The quantitative estimate of drug-likeness (QED) is 0.832. The molecule has 0 aliphatic carbocycles. The first-order valence-electron chi connectivity index (χ1n) is 5.61. The van der Waals surface area contributed by atoms with Gasteiger partial charge in [-0.05, 0) is 17.7 Å². The predicted octanol–water partition coefficient (Wildman–Crippen LogP) is 1.32. The van der Waals surface area contributed by atoms with Crippen molar-refractivity contribution in [1.29, 1.82) is 5.26 Å². The van der Waals surface area contributed by atoms with Gasteiger partial charge in [0.25, 0.3) is 0 Å². The molecule has 4 nitrogen and oxygen atoms in total. The maximum atomic E-state index is 9.03. The van der Waals surface area contributed by atoms with Gasteiger partial charge in [0.05, 0.1) is 26.4 Å². The summed E-state index contributed by atoms with van der Waals surface area (Å²) >= 11 is 0. The maximum absolute atomic E-state index is 9.03. The number of nitrogens with zero attached hydrogens (tertiary/aromatic N) is 1. The van der Waals surface area contributed by atoms with Crippen molar-refractivity contribution in [2.24, 2.45) is 5.41 Å². The molecule has 1 aromatic rings. The minimum absolute atomic E-state index is 0.321. The molecule has 1 heterocycles. The molecule has 4 heteroatoms. The van der Waals surface area contributed by atoms with Crippen molar-refractivity contribution >= 4 is 0 Å². The van der Waals surface area contributed by atoms with Gasteiger partial charge in [0.2, 0.25) is 0 Å².